The van der Waals surface area contributed by atoms with Crippen molar-refractivity contribution >= 4 is 16.8 Å². The molecule has 164 valence electrons. The number of nitrogens with zero attached hydrogens (tertiary/aromatic N) is 2. The van der Waals surface area contributed by atoms with Gasteiger partial charge in [0.2, 0.25) is 12.7 Å². The summed E-state index contributed by atoms with van der Waals surface area (Å²) in [6, 6.07) is 12.7. The minimum atomic E-state index is -0.0774. The van der Waals surface area contributed by atoms with Crippen LogP contribution in [0.3, 0.4) is 0 Å². The molecule has 0 saturated carbocycles. The summed E-state index contributed by atoms with van der Waals surface area (Å²) in [6.07, 6.45) is 1.66. The summed E-state index contributed by atoms with van der Waals surface area (Å²) >= 11 is 0. The van der Waals surface area contributed by atoms with E-state index in [1.54, 1.807) is 0 Å². The van der Waals surface area contributed by atoms with Crippen LogP contribution in [0.4, 0.5) is 0 Å². The van der Waals surface area contributed by atoms with Crippen LogP contribution < -0.4 is 9.47 Å². The molecule has 7 rings (SSSR count). The molecule has 0 bridgehead atoms. The normalized spacial score (nSPS) is 28.7. The molecule has 1 aromatic heterocycles. The summed E-state index contributed by atoms with van der Waals surface area (Å²) in [7, 11) is 1.96. The average Bonchev–Trinajstić information content (AvgIpc) is 3.49. The van der Waals surface area contributed by atoms with Gasteiger partial charge in [-0.3, -0.25) is 9.63 Å². The summed E-state index contributed by atoms with van der Waals surface area (Å²) in [4.78, 5) is 25.1. The molecule has 1 amide bonds. The number of aromatic amines is 1. The van der Waals surface area contributed by atoms with Gasteiger partial charge in [0.1, 0.15) is 0 Å². The molecular formula is C25H25N3O4. The number of piperidine rings is 1. The number of hydrogen-bond acceptors (Lipinski definition) is 5. The SMILES string of the molecule is C[C@@H]1ON(C)[C@H]2C[C@H]3c4[nH]c5cccc(-c6ccc7c(c6)OCO7)c5c4CCN3C(=O)[C@@H]12. The van der Waals surface area contributed by atoms with Crippen molar-refractivity contribution in [3.8, 4) is 22.6 Å². The summed E-state index contributed by atoms with van der Waals surface area (Å²) < 4.78 is 11.1. The van der Waals surface area contributed by atoms with Gasteiger partial charge in [-0.15, -0.1) is 0 Å². The number of carbonyl (C=O) groups excluding carboxylic acids is 1. The van der Waals surface area contributed by atoms with Gasteiger partial charge in [0.25, 0.3) is 0 Å². The summed E-state index contributed by atoms with van der Waals surface area (Å²) in [5.74, 6) is 1.73. The maximum absolute atomic E-state index is 13.4. The minimum Gasteiger partial charge on any atom is -0.454 e. The Morgan fingerprint density at radius 3 is 2.91 bits per heavy atom. The molecule has 3 aromatic rings. The van der Waals surface area contributed by atoms with Crippen molar-refractivity contribution in [3.05, 3.63) is 47.7 Å². The number of hydroxylamine groups is 2. The number of rotatable bonds is 1. The van der Waals surface area contributed by atoms with Crippen LogP contribution in [0.2, 0.25) is 0 Å². The summed E-state index contributed by atoms with van der Waals surface area (Å²) in [5.41, 5.74) is 5.92. The fraction of sp³-hybridized carbons (Fsp3) is 0.400. The van der Waals surface area contributed by atoms with Gasteiger partial charge in [-0.25, -0.2) is 0 Å². The van der Waals surface area contributed by atoms with Gasteiger partial charge in [0.15, 0.2) is 11.5 Å². The molecule has 4 aliphatic rings. The molecule has 2 aromatic carbocycles. The van der Waals surface area contributed by atoms with Crippen molar-refractivity contribution in [1.82, 2.24) is 14.9 Å². The highest BCUT2D eigenvalue weighted by Gasteiger charge is 2.53. The van der Waals surface area contributed by atoms with Gasteiger partial charge in [-0.2, -0.15) is 5.06 Å². The van der Waals surface area contributed by atoms with Crippen molar-refractivity contribution < 1.29 is 19.1 Å². The Morgan fingerprint density at radius 1 is 1.12 bits per heavy atom. The molecule has 32 heavy (non-hydrogen) atoms. The molecule has 4 aliphatic heterocycles. The van der Waals surface area contributed by atoms with Crippen LogP contribution in [0.1, 0.15) is 30.6 Å². The van der Waals surface area contributed by atoms with Crippen molar-refractivity contribution in [3.63, 3.8) is 0 Å². The van der Waals surface area contributed by atoms with Gasteiger partial charge in [-0.1, -0.05) is 18.2 Å². The second-order valence-corrected chi connectivity index (χ2v) is 9.30. The van der Waals surface area contributed by atoms with E-state index in [0.29, 0.717) is 0 Å². The quantitative estimate of drug-likeness (QED) is 0.637. The highest BCUT2D eigenvalue weighted by Crippen LogP contribution is 2.47. The molecular weight excluding hydrogens is 406 g/mol. The molecule has 7 heteroatoms. The van der Waals surface area contributed by atoms with E-state index < -0.39 is 0 Å². The zero-order valence-corrected chi connectivity index (χ0v) is 18.1. The number of aromatic nitrogens is 1. The van der Waals surface area contributed by atoms with Crippen LogP contribution >= 0.6 is 0 Å². The third-order valence-electron chi connectivity index (χ3n) is 7.71. The van der Waals surface area contributed by atoms with E-state index in [1.807, 2.05) is 25.1 Å². The Hall–Kier alpha value is -3.03. The van der Waals surface area contributed by atoms with E-state index in [2.05, 4.69) is 40.2 Å². The topological polar surface area (TPSA) is 67.0 Å². The number of nitrogens with one attached hydrogen (secondary N) is 1. The Balaban J connectivity index is 1.35. The number of H-pyrrole nitrogens is 1. The number of benzene rings is 2. The molecule has 7 nitrogen and oxygen atoms in total. The third-order valence-corrected chi connectivity index (χ3v) is 7.71. The standard InChI is InChI=1S/C25H25N3O4/c1-13-22-18(27(2)32-13)11-19-24-16(8-9-28(19)25(22)29)23-15(4-3-5-17(23)26-24)14-6-7-20-21(10-14)31-12-30-20/h3-7,10,13,18-19,22,26H,8-9,11-12H2,1-2H3/t13-,18-,19-,22-/m0/s1. The number of amides is 1. The van der Waals surface area contributed by atoms with Crippen molar-refractivity contribution in [2.24, 2.45) is 5.92 Å². The number of fused-ring (bicyclic) bond motifs is 7. The predicted octanol–water partition coefficient (Wildman–Crippen LogP) is 3.64. The van der Waals surface area contributed by atoms with Crippen LogP contribution in [0.5, 0.6) is 11.5 Å². The first-order valence-corrected chi connectivity index (χ1v) is 11.3. The van der Waals surface area contributed by atoms with E-state index in [1.165, 1.54) is 22.2 Å². The molecule has 0 aliphatic carbocycles. The lowest BCUT2D eigenvalue weighted by atomic mass is 9.80. The van der Waals surface area contributed by atoms with Gasteiger partial charge < -0.3 is 19.4 Å². The molecule has 0 radical (unpaired) electrons. The van der Waals surface area contributed by atoms with E-state index in [9.17, 15) is 4.79 Å². The molecule has 4 atom stereocenters. The predicted molar refractivity (Wildman–Crippen MR) is 118 cm³/mol. The molecule has 1 N–H and O–H groups in total. The highest BCUT2D eigenvalue weighted by molar-refractivity contribution is 5.99. The number of hydrogen-bond donors (Lipinski definition) is 1. The average molecular weight is 431 g/mol. The van der Waals surface area contributed by atoms with Crippen molar-refractivity contribution in [2.75, 3.05) is 20.4 Å². The second kappa shape index (κ2) is 6.49. The minimum absolute atomic E-state index is 0.0563. The maximum atomic E-state index is 13.4. The van der Waals surface area contributed by atoms with Crippen LogP contribution in [-0.2, 0) is 16.1 Å². The van der Waals surface area contributed by atoms with Crippen LogP contribution in [-0.4, -0.2) is 53.4 Å². The Labute approximate surface area is 185 Å². The van der Waals surface area contributed by atoms with Crippen LogP contribution in [0.15, 0.2) is 36.4 Å². The lowest BCUT2D eigenvalue weighted by molar-refractivity contribution is -0.146. The highest BCUT2D eigenvalue weighted by atomic mass is 16.7. The second-order valence-electron chi connectivity index (χ2n) is 9.30. The number of ether oxygens (including phenoxy) is 2. The van der Waals surface area contributed by atoms with Crippen molar-refractivity contribution in [1.29, 1.82) is 0 Å². The monoisotopic (exact) mass is 431 g/mol. The Bertz CT molecular complexity index is 1270. The molecule has 0 spiro atoms. The fourth-order valence-electron chi connectivity index (χ4n) is 6.26. The first-order chi connectivity index (χ1) is 15.6. The molecule has 5 heterocycles. The maximum Gasteiger partial charge on any atom is 0.231 e. The Morgan fingerprint density at radius 2 is 2.00 bits per heavy atom. The van der Waals surface area contributed by atoms with Crippen molar-refractivity contribution in [2.45, 2.75) is 38.0 Å². The molecule has 0 unspecified atom stereocenters. The lowest BCUT2D eigenvalue weighted by Crippen LogP contribution is -2.54. The first kappa shape index (κ1) is 18.5. The van der Waals surface area contributed by atoms with Crippen LogP contribution in [0, 0.1) is 5.92 Å². The Kier molecular flexibility index (Phi) is 3.76. The van der Waals surface area contributed by atoms with Gasteiger partial charge in [-0.05, 0) is 54.7 Å². The smallest absolute Gasteiger partial charge is 0.231 e. The fourth-order valence-corrected chi connectivity index (χ4v) is 6.26. The zero-order chi connectivity index (χ0) is 21.6. The van der Waals surface area contributed by atoms with E-state index in [-0.39, 0.29) is 36.8 Å². The summed E-state index contributed by atoms with van der Waals surface area (Å²) in [6.45, 7) is 3.03. The van der Waals surface area contributed by atoms with E-state index in [4.69, 9.17) is 14.3 Å². The molecule has 2 fully saturated rings. The van der Waals surface area contributed by atoms with Gasteiger partial charge >= 0.3 is 0 Å². The summed E-state index contributed by atoms with van der Waals surface area (Å²) in [5, 5.41) is 3.15. The number of carbonyl (C=O) groups is 1. The van der Waals surface area contributed by atoms with E-state index >= 15 is 0 Å². The van der Waals surface area contributed by atoms with Gasteiger partial charge in [0, 0.05) is 30.2 Å². The van der Waals surface area contributed by atoms with Gasteiger partial charge in [0.05, 0.1) is 24.1 Å². The third kappa shape index (κ3) is 2.40. The van der Waals surface area contributed by atoms with Crippen LogP contribution in [0.25, 0.3) is 22.0 Å². The van der Waals surface area contributed by atoms with E-state index in [0.717, 1.165) is 42.0 Å². The molecule has 2 saturated heterocycles. The lowest BCUT2D eigenvalue weighted by Gasteiger charge is -2.44. The largest absolute Gasteiger partial charge is 0.454 e. The first-order valence-electron chi connectivity index (χ1n) is 11.3. The zero-order valence-electron chi connectivity index (χ0n) is 18.1.